The lowest BCUT2D eigenvalue weighted by molar-refractivity contribution is 0.0596. The highest BCUT2D eigenvalue weighted by Gasteiger charge is 2.22. The molecule has 25 heavy (non-hydrogen) atoms. The smallest absolute Gasteiger partial charge is 0.339 e. The molecule has 0 atom stereocenters. The van der Waals surface area contributed by atoms with Gasteiger partial charge in [-0.1, -0.05) is 42.5 Å². The van der Waals surface area contributed by atoms with Gasteiger partial charge in [0.25, 0.3) is 0 Å². The molecule has 7 heteroatoms. The minimum Gasteiger partial charge on any atom is -0.465 e. The Morgan fingerprint density at radius 3 is 2.32 bits per heavy atom. The summed E-state index contributed by atoms with van der Waals surface area (Å²) in [6, 6.07) is 14.6. The molecular formula is C18H19NO5S. The minimum absolute atomic E-state index is 0.0298. The maximum Gasteiger partial charge on any atom is 0.339 e. The van der Waals surface area contributed by atoms with Gasteiger partial charge in [-0.05, 0) is 18.6 Å². The number of carbonyl (C=O) groups is 2. The largest absolute Gasteiger partial charge is 0.465 e. The van der Waals surface area contributed by atoms with E-state index >= 15 is 0 Å². The second kappa shape index (κ2) is 8.55. The molecule has 0 aromatic heterocycles. The first-order valence-electron chi connectivity index (χ1n) is 7.71. The minimum atomic E-state index is -3.87. The molecule has 0 aliphatic rings. The Morgan fingerprint density at radius 1 is 1.00 bits per heavy atom. The lowest BCUT2D eigenvalue weighted by Gasteiger charge is -2.10. The number of carbonyl (C=O) groups excluding carboxylic acids is 2. The van der Waals surface area contributed by atoms with E-state index in [4.69, 9.17) is 0 Å². The molecule has 0 spiro atoms. The Labute approximate surface area is 146 Å². The summed E-state index contributed by atoms with van der Waals surface area (Å²) in [5.74, 6) is -0.769. The van der Waals surface area contributed by atoms with E-state index in [9.17, 15) is 18.0 Å². The van der Waals surface area contributed by atoms with E-state index in [0.29, 0.717) is 12.0 Å². The summed E-state index contributed by atoms with van der Waals surface area (Å²) in [4.78, 5) is 23.5. The van der Waals surface area contributed by atoms with E-state index in [-0.39, 0.29) is 29.2 Å². The van der Waals surface area contributed by atoms with Gasteiger partial charge in [0.05, 0.1) is 17.6 Å². The zero-order valence-electron chi connectivity index (χ0n) is 13.8. The van der Waals surface area contributed by atoms with Gasteiger partial charge >= 0.3 is 5.97 Å². The van der Waals surface area contributed by atoms with Crippen molar-refractivity contribution in [3.8, 4) is 0 Å². The summed E-state index contributed by atoms with van der Waals surface area (Å²) < 4.78 is 31.8. The molecule has 132 valence electrons. The van der Waals surface area contributed by atoms with E-state index in [2.05, 4.69) is 9.46 Å². The zero-order valence-corrected chi connectivity index (χ0v) is 14.6. The molecule has 0 saturated heterocycles. The van der Waals surface area contributed by atoms with E-state index in [0.717, 1.165) is 0 Å². The number of nitrogens with one attached hydrogen (secondary N) is 1. The van der Waals surface area contributed by atoms with E-state index in [1.807, 2.05) is 6.07 Å². The van der Waals surface area contributed by atoms with Crippen LogP contribution in [0.5, 0.6) is 0 Å². The van der Waals surface area contributed by atoms with Gasteiger partial charge in [0.2, 0.25) is 10.0 Å². The molecule has 6 nitrogen and oxygen atoms in total. The topological polar surface area (TPSA) is 89.5 Å². The maximum absolute atomic E-state index is 12.4. The Kier molecular flexibility index (Phi) is 6.44. The van der Waals surface area contributed by atoms with Crippen LogP contribution in [0, 0.1) is 0 Å². The first-order chi connectivity index (χ1) is 12.0. The highest BCUT2D eigenvalue weighted by Crippen LogP contribution is 2.16. The summed E-state index contributed by atoms with van der Waals surface area (Å²) >= 11 is 0. The maximum atomic E-state index is 12.4. The van der Waals surface area contributed by atoms with Crippen LogP contribution in [0.15, 0.2) is 59.5 Å². The van der Waals surface area contributed by atoms with Crippen LogP contribution in [0.3, 0.4) is 0 Å². The highest BCUT2D eigenvalue weighted by atomic mass is 32.2. The van der Waals surface area contributed by atoms with Crippen LogP contribution in [-0.2, 0) is 14.8 Å². The molecule has 0 saturated carbocycles. The number of benzene rings is 2. The average molecular weight is 361 g/mol. The molecule has 0 aliphatic carbocycles. The second-order valence-corrected chi connectivity index (χ2v) is 7.01. The van der Waals surface area contributed by atoms with Crippen LogP contribution in [0.2, 0.25) is 0 Å². The Balaban J connectivity index is 1.97. The number of ether oxygens (including phenoxy) is 1. The molecule has 2 aromatic rings. The van der Waals surface area contributed by atoms with Crippen LogP contribution in [-0.4, -0.2) is 33.8 Å². The number of esters is 1. The molecule has 0 amide bonds. The van der Waals surface area contributed by atoms with Gasteiger partial charge in [0, 0.05) is 18.5 Å². The van der Waals surface area contributed by atoms with Crippen molar-refractivity contribution < 1.29 is 22.7 Å². The summed E-state index contributed by atoms with van der Waals surface area (Å²) in [7, 11) is -2.68. The zero-order chi connectivity index (χ0) is 18.3. The summed E-state index contributed by atoms with van der Waals surface area (Å²) in [5, 5.41) is 0. The van der Waals surface area contributed by atoms with Crippen molar-refractivity contribution in [1.29, 1.82) is 0 Å². The average Bonchev–Trinajstić information content (AvgIpc) is 2.65. The van der Waals surface area contributed by atoms with Gasteiger partial charge in [0.1, 0.15) is 0 Å². The second-order valence-electron chi connectivity index (χ2n) is 5.28. The Morgan fingerprint density at radius 2 is 1.64 bits per heavy atom. The summed E-state index contributed by atoms with van der Waals surface area (Å²) in [5.41, 5.74) is 0.569. The SMILES string of the molecule is COC(=O)c1ccccc1S(=O)(=O)NCCCC(=O)c1ccccc1. The van der Waals surface area contributed by atoms with Crippen molar-refractivity contribution >= 4 is 21.8 Å². The molecule has 2 aromatic carbocycles. The fourth-order valence-electron chi connectivity index (χ4n) is 2.28. The third-order valence-corrected chi connectivity index (χ3v) is 5.07. The van der Waals surface area contributed by atoms with Gasteiger partial charge < -0.3 is 4.74 Å². The molecule has 0 unspecified atom stereocenters. The quantitative estimate of drug-likeness (QED) is 0.443. The monoisotopic (exact) mass is 361 g/mol. The number of ketones is 1. The first kappa shape index (κ1) is 18.8. The lowest BCUT2D eigenvalue weighted by Crippen LogP contribution is -2.27. The first-order valence-corrected chi connectivity index (χ1v) is 9.19. The molecule has 0 fully saturated rings. The van der Waals surface area contributed by atoms with Gasteiger partial charge in [-0.3, -0.25) is 4.79 Å². The lowest BCUT2D eigenvalue weighted by atomic mass is 10.1. The van der Waals surface area contributed by atoms with Crippen LogP contribution in [0.1, 0.15) is 33.6 Å². The van der Waals surface area contributed by atoms with E-state index in [1.165, 1.54) is 25.3 Å². The van der Waals surface area contributed by atoms with Crippen LogP contribution >= 0.6 is 0 Å². The molecular weight excluding hydrogens is 342 g/mol. The fraction of sp³-hybridized carbons (Fsp3) is 0.222. The molecule has 2 rings (SSSR count). The summed E-state index contributed by atoms with van der Waals surface area (Å²) in [6.07, 6.45) is 0.582. The van der Waals surface area contributed by atoms with Gasteiger partial charge in [-0.25, -0.2) is 17.9 Å². The normalized spacial score (nSPS) is 11.1. The van der Waals surface area contributed by atoms with Crippen molar-refractivity contribution in [2.24, 2.45) is 0 Å². The Hall–Kier alpha value is -2.51. The van der Waals surface area contributed by atoms with E-state index < -0.39 is 16.0 Å². The van der Waals surface area contributed by atoms with Crippen LogP contribution in [0.25, 0.3) is 0 Å². The number of hydrogen-bond acceptors (Lipinski definition) is 5. The molecule has 0 radical (unpaired) electrons. The van der Waals surface area contributed by atoms with Gasteiger partial charge in [0.15, 0.2) is 5.78 Å². The van der Waals surface area contributed by atoms with Crippen molar-refractivity contribution in [2.75, 3.05) is 13.7 Å². The predicted molar refractivity (Wildman–Crippen MR) is 93.0 cm³/mol. The molecule has 0 bridgehead atoms. The number of sulfonamides is 1. The van der Waals surface area contributed by atoms with Gasteiger partial charge in [-0.15, -0.1) is 0 Å². The van der Waals surface area contributed by atoms with E-state index in [1.54, 1.807) is 30.3 Å². The van der Waals surface area contributed by atoms with Crippen LogP contribution < -0.4 is 4.72 Å². The highest BCUT2D eigenvalue weighted by molar-refractivity contribution is 7.89. The van der Waals surface area contributed by atoms with Crippen molar-refractivity contribution in [1.82, 2.24) is 4.72 Å². The Bertz CT molecular complexity index is 847. The third-order valence-electron chi connectivity index (χ3n) is 3.55. The molecule has 1 N–H and O–H groups in total. The standard InChI is InChI=1S/C18H19NO5S/c1-24-18(21)15-10-5-6-12-17(15)25(22,23)19-13-7-11-16(20)14-8-3-2-4-9-14/h2-6,8-10,12,19H,7,11,13H2,1H3. The number of Topliss-reactive ketones (excluding diaryl/α,β-unsaturated/α-hetero) is 1. The van der Waals surface area contributed by atoms with Crippen molar-refractivity contribution in [2.45, 2.75) is 17.7 Å². The summed E-state index contributed by atoms with van der Waals surface area (Å²) in [6.45, 7) is 0.0937. The number of rotatable bonds is 8. The number of methoxy groups -OCH3 is 1. The van der Waals surface area contributed by atoms with Gasteiger partial charge in [-0.2, -0.15) is 0 Å². The number of hydrogen-bond donors (Lipinski definition) is 1. The molecule has 0 heterocycles. The van der Waals surface area contributed by atoms with Crippen molar-refractivity contribution in [3.05, 3.63) is 65.7 Å². The fourth-order valence-corrected chi connectivity index (χ4v) is 3.55. The third kappa shape index (κ3) is 4.98. The molecule has 0 aliphatic heterocycles. The van der Waals surface area contributed by atoms with Crippen molar-refractivity contribution in [3.63, 3.8) is 0 Å². The van der Waals surface area contributed by atoms with Crippen LogP contribution in [0.4, 0.5) is 0 Å². The predicted octanol–water partition coefficient (Wildman–Crippen LogP) is 2.41.